The Bertz CT molecular complexity index is 868. The number of aliphatic hydroxyl groups is 1. The van der Waals surface area contributed by atoms with E-state index in [1.807, 2.05) is 0 Å². The van der Waals surface area contributed by atoms with Crippen LogP contribution < -0.4 is 10.1 Å². The van der Waals surface area contributed by atoms with Gasteiger partial charge in [0.15, 0.2) is 0 Å². The number of aromatic nitrogens is 1. The predicted molar refractivity (Wildman–Crippen MR) is 102 cm³/mol. The molecule has 3 N–H and O–H groups in total. The monoisotopic (exact) mass is 388 g/mol. The maximum Gasteiger partial charge on any atom is 0.340 e. The molecule has 150 valence electrons. The van der Waals surface area contributed by atoms with Crippen LogP contribution in [0, 0.1) is 6.92 Å². The standard InChI is InChI=1S/C20H24N2O6/c1-5-28-20(26)15-12(3)22-17(18(24)19(25)21-10-11(2)23)16(15)13-6-8-14(27-4)9-7-13/h6-9,11,22-23H,5,10H2,1-4H3,(H,21,25)/t11-/m1/s1. The van der Waals surface area contributed by atoms with Crippen LogP contribution in [0.2, 0.25) is 0 Å². The smallest absolute Gasteiger partial charge is 0.340 e. The lowest BCUT2D eigenvalue weighted by atomic mass is 9.98. The lowest BCUT2D eigenvalue weighted by molar-refractivity contribution is -0.117. The highest BCUT2D eigenvalue weighted by Gasteiger charge is 2.29. The fourth-order valence-corrected chi connectivity index (χ4v) is 2.73. The Kier molecular flexibility index (Phi) is 6.94. The minimum absolute atomic E-state index is 0.0196. The van der Waals surface area contributed by atoms with E-state index >= 15 is 0 Å². The minimum atomic E-state index is -0.882. The largest absolute Gasteiger partial charge is 0.497 e. The lowest BCUT2D eigenvalue weighted by Crippen LogP contribution is -2.36. The van der Waals surface area contributed by atoms with Crippen molar-refractivity contribution in [1.82, 2.24) is 10.3 Å². The first kappa shape index (κ1) is 21.2. The van der Waals surface area contributed by atoms with E-state index in [0.29, 0.717) is 17.0 Å². The molecule has 0 aliphatic heterocycles. The number of aliphatic hydroxyl groups excluding tert-OH is 1. The van der Waals surface area contributed by atoms with Gasteiger partial charge in [0.2, 0.25) is 0 Å². The Morgan fingerprint density at radius 1 is 1.21 bits per heavy atom. The SMILES string of the molecule is CCOC(=O)c1c(C)[nH]c(C(=O)C(=O)NC[C@@H](C)O)c1-c1ccc(OC)cc1. The number of aromatic amines is 1. The van der Waals surface area contributed by atoms with Crippen molar-refractivity contribution in [1.29, 1.82) is 0 Å². The van der Waals surface area contributed by atoms with Crippen molar-refractivity contribution in [2.45, 2.75) is 26.9 Å². The van der Waals surface area contributed by atoms with Gasteiger partial charge in [0.05, 0.1) is 25.4 Å². The van der Waals surface area contributed by atoms with Gasteiger partial charge in [0.25, 0.3) is 11.7 Å². The van der Waals surface area contributed by atoms with Crippen LogP contribution in [-0.4, -0.2) is 54.1 Å². The van der Waals surface area contributed by atoms with E-state index in [4.69, 9.17) is 9.47 Å². The Balaban J connectivity index is 2.55. The van der Waals surface area contributed by atoms with Crippen LogP contribution in [0.5, 0.6) is 5.75 Å². The summed E-state index contributed by atoms with van der Waals surface area (Å²) in [6, 6.07) is 6.76. The van der Waals surface area contributed by atoms with Crippen LogP contribution in [0.4, 0.5) is 0 Å². The third-order valence-electron chi connectivity index (χ3n) is 4.04. The zero-order valence-corrected chi connectivity index (χ0v) is 16.3. The number of carbonyl (C=O) groups excluding carboxylic acids is 3. The molecule has 2 rings (SSSR count). The third-order valence-corrected chi connectivity index (χ3v) is 4.04. The van der Waals surface area contributed by atoms with E-state index in [0.717, 1.165) is 0 Å². The number of hydrogen-bond acceptors (Lipinski definition) is 6. The molecule has 2 aromatic rings. The lowest BCUT2D eigenvalue weighted by Gasteiger charge is -2.09. The highest BCUT2D eigenvalue weighted by atomic mass is 16.5. The number of hydrogen-bond donors (Lipinski definition) is 3. The number of H-pyrrole nitrogens is 1. The fraction of sp³-hybridized carbons (Fsp3) is 0.350. The molecule has 0 aliphatic rings. The molecule has 1 aromatic heterocycles. The quantitative estimate of drug-likeness (QED) is 0.361. The molecule has 28 heavy (non-hydrogen) atoms. The maximum atomic E-state index is 12.7. The fourth-order valence-electron chi connectivity index (χ4n) is 2.73. The second kappa shape index (κ2) is 9.18. The molecule has 0 radical (unpaired) electrons. The Hall–Kier alpha value is -3.13. The molecular formula is C20H24N2O6. The molecule has 0 fully saturated rings. The summed E-state index contributed by atoms with van der Waals surface area (Å²) in [6.45, 7) is 4.91. The zero-order chi connectivity index (χ0) is 20.8. The molecule has 8 heteroatoms. The van der Waals surface area contributed by atoms with Crippen molar-refractivity contribution in [2.24, 2.45) is 0 Å². The number of Topliss-reactive ketones (excluding diaryl/α,β-unsaturated/α-hetero) is 1. The molecule has 0 aliphatic carbocycles. The summed E-state index contributed by atoms with van der Waals surface area (Å²) < 4.78 is 10.3. The van der Waals surface area contributed by atoms with E-state index in [-0.39, 0.29) is 30.0 Å². The molecule has 0 saturated heterocycles. The molecule has 1 heterocycles. The number of methoxy groups -OCH3 is 1. The van der Waals surface area contributed by atoms with Crippen molar-refractivity contribution in [3.05, 3.63) is 41.2 Å². The van der Waals surface area contributed by atoms with Gasteiger partial charge in [-0.25, -0.2) is 4.79 Å². The summed E-state index contributed by atoms with van der Waals surface area (Å²) in [5.74, 6) is -1.71. The first-order valence-corrected chi connectivity index (χ1v) is 8.84. The topological polar surface area (TPSA) is 118 Å². The molecule has 1 aromatic carbocycles. The van der Waals surface area contributed by atoms with Gasteiger partial charge in [-0.15, -0.1) is 0 Å². The number of nitrogens with one attached hydrogen (secondary N) is 2. The number of rotatable bonds is 8. The van der Waals surface area contributed by atoms with Gasteiger partial charge in [-0.3, -0.25) is 9.59 Å². The van der Waals surface area contributed by atoms with Crippen LogP contribution in [0.1, 0.15) is 40.4 Å². The minimum Gasteiger partial charge on any atom is -0.497 e. The van der Waals surface area contributed by atoms with Crippen molar-refractivity contribution in [3.8, 4) is 16.9 Å². The predicted octanol–water partition coefficient (Wildman–Crippen LogP) is 1.86. The summed E-state index contributed by atoms with van der Waals surface area (Å²) in [7, 11) is 1.53. The molecule has 0 spiro atoms. The Labute approximate surface area is 162 Å². The number of ether oxygens (including phenoxy) is 2. The van der Waals surface area contributed by atoms with E-state index < -0.39 is 23.8 Å². The average molecular weight is 388 g/mol. The average Bonchev–Trinajstić information content (AvgIpc) is 3.02. The molecule has 8 nitrogen and oxygen atoms in total. The highest BCUT2D eigenvalue weighted by molar-refractivity contribution is 6.43. The van der Waals surface area contributed by atoms with Gasteiger partial charge >= 0.3 is 5.97 Å². The first-order valence-electron chi connectivity index (χ1n) is 8.84. The van der Waals surface area contributed by atoms with E-state index in [1.54, 1.807) is 38.1 Å². The van der Waals surface area contributed by atoms with E-state index in [2.05, 4.69) is 10.3 Å². The van der Waals surface area contributed by atoms with Crippen LogP contribution in [-0.2, 0) is 9.53 Å². The summed E-state index contributed by atoms with van der Waals surface area (Å²) in [4.78, 5) is 40.3. The van der Waals surface area contributed by atoms with Gasteiger partial charge in [-0.05, 0) is 38.5 Å². The number of amides is 1. The molecular weight excluding hydrogens is 364 g/mol. The maximum absolute atomic E-state index is 12.7. The summed E-state index contributed by atoms with van der Waals surface area (Å²) in [6.07, 6.45) is -0.793. The highest BCUT2D eigenvalue weighted by Crippen LogP contribution is 2.32. The summed E-state index contributed by atoms with van der Waals surface area (Å²) >= 11 is 0. The van der Waals surface area contributed by atoms with Gasteiger partial charge in [0.1, 0.15) is 11.4 Å². The Morgan fingerprint density at radius 3 is 2.39 bits per heavy atom. The molecule has 0 bridgehead atoms. The molecule has 0 saturated carbocycles. The van der Waals surface area contributed by atoms with Gasteiger partial charge in [0, 0.05) is 17.8 Å². The number of benzene rings is 1. The summed E-state index contributed by atoms with van der Waals surface area (Å²) in [5.41, 5.74) is 1.43. The Morgan fingerprint density at radius 2 is 1.86 bits per heavy atom. The van der Waals surface area contributed by atoms with Crippen LogP contribution >= 0.6 is 0 Å². The molecule has 0 unspecified atom stereocenters. The zero-order valence-electron chi connectivity index (χ0n) is 16.3. The van der Waals surface area contributed by atoms with Crippen molar-refractivity contribution in [3.63, 3.8) is 0 Å². The first-order chi connectivity index (χ1) is 13.3. The van der Waals surface area contributed by atoms with Gasteiger partial charge < -0.3 is 24.9 Å². The van der Waals surface area contributed by atoms with Crippen molar-refractivity contribution < 1.29 is 29.0 Å². The van der Waals surface area contributed by atoms with Crippen LogP contribution in [0.15, 0.2) is 24.3 Å². The summed E-state index contributed by atoms with van der Waals surface area (Å²) in [5, 5.41) is 11.7. The molecule has 1 amide bonds. The van der Waals surface area contributed by atoms with Crippen LogP contribution in [0.25, 0.3) is 11.1 Å². The van der Waals surface area contributed by atoms with E-state index in [1.165, 1.54) is 14.0 Å². The van der Waals surface area contributed by atoms with Crippen molar-refractivity contribution >= 4 is 17.7 Å². The number of ketones is 1. The second-order valence-electron chi connectivity index (χ2n) is 6.21. The van der Waals surface area contributed by atoms with E-state index in [9.17, 15) is 19.5 Å². The third kappa shape index (κ3) is 4.58. The molecule has 1 atom stereocenters. The normalized spacial score (nSPS) is 11.6. The number of aryl methyl sites for hydroxylation is 1. The van der Waals surface area contributed by atoms with Crippen molar-refractivity contribution in [2.75, 3.05) is 20.3 Å². The van der Waals surface area contributed by atoms with Crippen LogP contribution in [0.3, 0.4) is 0 Å². The van der Waals surface area contributed by atoms with Gasteiger partial charge in [-0.1, -0.05) is 12.1 Å². The van der Waals surface area contributed by atoms with Gasteiger partial charge in [-0.2, -0.15) is 0 Å². The second-order valence-corrected chi connectivity index (χ2v) is 6.21. The number of carbonyl (C=O) groups is 3. The number of esters is 1.